The maximum atomic E-state index is 5.75. The molecule has 78 valence electrons. The van der Waals surface area contributed by atoms with E-state index in [9.17, 15) is 0 Å². The molecule has 2 heteroatoms. The van der Waals surface area contributed by atoms with Gasteiger partial charge in [-0.15, -0.1) is 0 Å². The van der Waals surface area contributed by atoms with Gasteiger partial charge in [0.1, 0.15) is 0 Å². The molecule has 0 aliphatic rings. The van der Waals surface area contributed by atoms with Gasteiger partial charge in [-0.1, -0.05) is 31.2 Å². The minimum Gasteiger partial charge on any atom is -0.329 e. The van der Waals surface area contributed by atoms with Crippen molar-refractivity contribution in [3.05, 3.63) is 35.4 Å². The molecule has 14 heavy (non-hydrogen) atoms. The Bertz CT molecular complexity index is 271. The highest BCUT2D eigenvalue weighted by Gasteiger charge is 2.09. The topological polar surface area (TPSA) is 38.0 Å². The van der Waals surface area contributed by atoms with Crippen molar-refractivity contribution in [2.75, 3.05) is 13.1 Å². The third kappa shape index (κ3) is 2.82. The summed E-state index contributed by atoms with van der Waals surface area (Å²) in [5.41, 5.74) is 8.39. The first-order valence-corrected chi connectivity index (χ1v) is 5.28. The zero-order valence-corrected chi connectivity index (χ0v) is 9.09. The lowest BCUT2D eigenvalue weighted by Gasteiger charge is -2.18. The molecule has 1 unspecified atom stereocenters. The minimum atomic E-state index is 0.302. The van der Waals surface area contributed by atoms with E-state index in [-0.39, 0.29) is 0 Å². The molecule has 1 rings (SSSR count). The van der Waals surface area contributed by atoms with Crippen molar-refractivity contribution in [1.29, 1.82) is 0 Å². The fourth-order valence-corrected chi connectivity index (χ4v) is 1.62. The zero-order valence-electron chi connectivity index (χ0n) is 9.09. The third-order valence-corrected chi connectivity index (χ3v) is 2.44. The highest BCUT2D eigenvalue weighted by molar-refractivity contribution is 5.28. The summed E-state index contributed by atoms with van der Waals surface area (Å²) in [4.78, 5) is 0. The lowest BCUT2D eigenvalue weighted by atomic mass is 10.0. The van der Waals surface area contributed by atoms with Crippen LogP contribution in [0.3, 0.4) is 0 Å². The predicted molar refractivity (Wildman–Crippen MR) is 61.3 cm³/mol. The molecule has 1 atom stereocenters. The maximum absolute atomic E-state index is 5.75. The highest BCUT2D eigenvalue weighted by atomic mass is 14.9. The van der Waals surface area contributed by atoms with Crippen LogP contribution in [0.2, 0.25) is 0 Å². The largest absolute Gasteiger partial charge is 0.329 e. The molecule has 0 aliphatic heterocycles. The minimum absolute atomic E-state index is 0.302. The SMILES string of the molecule is CCCNC(CN)c1ccccc1C. The van der Waals surface area contributed by atoms with Gasteiger partial charge in [0.2, 0.25) is 0 Å². The number of aryl methyl sites for hydroxylation is 1. The van der Waals surface area contributed by atoms with Crippen LogP contribution in [0.4, 0.5) is 0 Å². The normalized spacial score (nSPS) is 12.8. The predicted octanol–water partition coefficient (Wildman–Crippen LogP) is 1.99. The Labute approximate surface area is 86.5 Å². The molecule has 0 saturated heterocycles. The molecule has 0 heterocycles. The Balaban J connectivity index is 2.73. The number of benzene rings is 1. The summed E-state index contributed by atoms with van der Waals surface area (Å²) in [5.74, 6) is 0. The molecule has 0 bridgehead atoms. The van der Waals surface area contributed by atoms with Gasteiger partial charge in [-0.25, -0.2) is 0 Å². The van der Waals surface area contributed by atoms with Crippen LogP contribution in [0.25, 0.3) is 0 Å². The van der Waals surface area contributed by atoms with E-state index in [2.05, 4.69) is 43.4 Å². The third-order valence-electron chi connectivity index (χ3n) is 2.44. The number of nitrogens with one attached hydrogen (secondary N) is 1. The Kier molecular flexibility index (Phi) is 4.63. The van der Waals surface area contributed by atoms with Gasteiger partial charge >= 0.3 is 0 Å². The first-order chi connectivity index (χ1) is 6.79. The van der Waals surface area contributed by atoms with E-state index in [0.717, 1.165) is 13.0 Å². The molecule has 1 aromatic carbocycles. The summed E-state index contributed by atoms with van der Waals surface area (Å²) in [7, 11) is 0. The van der Waals surface area contributed by atoms with Crippen molar-refractivity contribution in [2.24, 2.45) is 5.73 Å². The van der Waals surface area contributed by atoms with Crippen LogP contribution in [-0.2, 0) is 0 Å². The fourth-order valence-electron chi connectivity index (χ4n) is 1.62. The average molecular weight is 192 g/mol. The van der Waals surface area contributed by atoms with Crippen molar-refractivity contribution < 1.29 is 0 Å². The van der Waals surface area contributed by atoms with E-state index in [1.54, 1.807) is 0 Å². The van der Waals surface area contributed by atoms with Crippen molar-refractivity contribution in [3.63, 3.8) is 0 Å². The van der Waals surface area contributed by atoms with Crippen molar-refractivity contribution in [2.45, 2.75) is 26.3 Å². The Morgan fingerprint density at radius 1 is 1.36 bits per heavy atom. The van der Waals surface area contributed by atoms with Crippen LogP contribution in [-0.4, -0.2) is 13.1 Å². The molecule has 0 spiro atoms. The number of hydrogen-bond acceptors (Lipinski definition) is 2. The van der Waals surface area contributed by atoms with Gasteiger partial charge in [-0.05, 0) is 31.0 Å². The molecule has 3 N–H and O–H groups in total. The van der Waals surface area contributed by atoms with Gasteiger partial charge in [0, 0.05) is 12.6 Å². The summed E-state index contributed by atoms with van der Waals surface area (Å²) in [5, 5.41) is 3.45. The quantitative estimate of drug-likeness (QED) is 0.748. The lowest BCUT2D eigenvalue weighted by molar-refractivity contribution is 0.538. The first kappa shape index (κ1) is 11.2. The number of hydrogen-bond donors (Lipinski definition) is 2. The van der Waals surface area contributed by atoms with Gasteiger partial charge in [0.25, 0.3) is 0 Å². The lowest BCUT2D eigenvalue weighted by Crippen LogP contribution is -2.29. The van der Waals surface area contributed by atoms with E-state index >= 15 is 0 Å². The summed E-state index contributed by atoms with van der Waals surface area (Å²) >= 11 is 0. The maximum Gasteiger partial charge on any atom is 0.0447 e. The van der Waals surface area contributed by atoms with Gasteiger partial charge in [0.15, 0.2) is 0 Å². The van der Waals surface area contributed by atoms with Crippen LogP contribution < -0.4 is 11.1 Å². The van der Waals surface area contributed by atoms with E-state index < -0.39 is 0 Å². The van der Waals surface area contributed by atoms with Crippen LogP contribution >= 0.6 is 0 Å². The Morgan fingerprint density at radius 2 is 2.07 bits per heavy atom. The number of nitrogens with two attached hydrogens (primary N) is 1. The van der Waals surface area contributed by atoms with E-state index in [4.69, 9.17) is 5.73 Å². The van der Waals surface area contributed by atoms with Crippen molar-refractivity contribution in [3.8, 4) is 0 Å². The Hall–Kier alpha value is -0.860. The summed E-state index contributed by atoms with van der Waals surface area (Å²) in [6.07, 6.45) is 1.14. The van der Waals surface area contributed by atoms with E-state index in [1.165, 1.54) is 11.1 Å². The van der Waals surface area contributed by atoms with Crippen LogP contribution in [0.5, 0.6) is 0 Å². The second-order valence-corrected chi connectivity index (χ2v) is 3.60. The van der Waals surface area contributed by atoms with Gasteiger partial charge in [-0.3, -0.25) is 0 Å². The van der Waals surface area contributed by atoms with Crippen LogP contribution in [0.1, 0.15) is 30.5 Å². The molecule has 0 aliphatic carbocycles. The highest BCUT2D eigenvalue weighted by Crippen LogP contribution is 2.15. The molecule has 0 radical (unpaired) electrons. The smallest absolute Gasteiger partial charge is 0.0447 e. The summed E-state index contributed by atoms with van der Waals surface area (Å²) < 4.78 is 0. The molecule has 0 aromatic heterocycles. The molecule has 0 amide bonds. The van der Waals surface area contributed by atoms with Crippen molar-refractivity contribution in [1.82, 2.24) is 5.32 Å². The van der Waals surface area contributed by atoms with Crippen LogP contribution in [0, 0.1) is 6.92 Å². The second kappa shape index (κ2) is 5.78. The number of rotatable bonds is 5. The van der Waals surface area contributed by atoms with Gasteiger partial charge in [-0.2, -0.15) is 0 Å². The standard InChI is InChI=1S/C12H20N2/c1-3-8-14-12(9-13)11-7-5-4-6-10(11)2/h4-7,12,14H,3,8-9,13H2,1-2H3. The van der Waals surface area contributed by atoms with Gasteiger partial charge < -0.3 is 11.1 Å². The van der Waals surface area contributed by atoms with Crippen molar-refractivity contribution >= 4 is 0 Å². The summed E-state index contributed by atoms with van der Waals surface area (Å²) in [6.45, 7) is 5.98. The van der Waals surface area contributed by atoms with Gasteiger partial charge in [0.05, 0.1) is 0 Å². The molecular formula is C12H20N2. The molecule has 2 nitrogen and oxygen atoms in total. The molecule has 1 aromatic rings. The molecule has 0 fully saturated rings. The molecule has 0 saturated carbocycles. The average Bonchev–Trinajstić information content (AvgIpc) is 2.21. The second-order valence-electron chi connectivity index (χ2n) is 3.60. The van der Waals surface area contributed by atoms with Crippen LogP contribution in [0.15, 0.2) is 24.3 Å². The zero-order chi connectivity index (χ0) is 10.4. The fraction of sp³-hybridized carbons (Fsp3) is 0.500. The Morgan fingerprint density at radius 3 is 2.64 bits per heavy atom. The molecular weight excluding hydrogens is 172 g/mol. The first-order valence-electron chi connectivity index (χ1n) is 5.28. The van der Waals surface area contributed by atoms with E-state index in [1.807, 2.05) is 0 Å². The monoisotopic (exact) mass is 192 g/mol. The van der Waals surface area contributed by atoms with E-state index in [0.29, 0.717) is 12.6 Å². The summed E-state index contributed by atoms with van der Waals surface area (Å²) in [6, 6.07) is 8.71.